The maximum Gasteiger partial charge on any atom is 0.171 e. The lowest BCUT2D eigenvalue weighted by atomic mass is 9.98. The van der Waals surface area contributed by atoms with Crippen LogP contribution in [0, 0.1) is 0 Å². The summed E-state index contributed by atoms with van der Waals surface area (Å²) in [7, 11) is -3.02. The third-order valence-corrected chi connectivity index (χ3v) is 13.1. The third kappa shape index (κ3) is 4.72. The first kappa shape index (κ1) is 29.6. The molecule has 240 valence electrons. The van der Waals surface area contributed by atoms with Gasteiger partial charge in [0.25, 0.3) is 0 Å². The van der Waals surface area contributed by atoms with E-state index in [0.29, 0.717) is 0 Å². The standard InChI is InChI=1S/C46H30N3OP/c50-51(36-12-3-1-4-13-36,37-14-5-2-6-15-37)38-26-23-32(24-27-38)31-19-21-33(22-20-31)34-25-28-39-44(30-34)49-43-18-10-9-17-42(43)48-46(49)40-29-35-11-7-8-16-41(35)47-45(39)40/h1-30H. The Morgan fingerprint density at radius 1 is 0.412 bits per heavy atom. The monoisotopic (exact) mass is 671 g/mol. The van der Waals surface area contributed by atoms with Gasteiger partial charge in [-0.2, -0.15) is 0 Å². The van der Waals surface area contributed by atoms with Crippen LogP contribution in [-0.2, 0) is 4.57 Å². The van der Waals surface area contributed by atoms with Gasteiger partial charge >= 0.3 is 0 Å². The lowest BCUT2D eigenvalue weighted by Crippen LogP contribution is -2.24. The molecule has 0 fully saturated rings. The van der Waals surface area contributed by atoms with Crippen molar-refractivity contribution in [2.24, 2.45) is 0 Å². The van der Waals surface area contributed by atoms with E-state index >= 15 is 0 Å². The zero-order valence-electron chi connectivity index (χ0n) is 27.5. The summed E-state index contributed by atoms with van der Waals surface area (Å²) in [5.41, 5.74) is 10.4. The highest BCUT2D eigenvalue weighted by Crippen LogP contribution is 2.43. The number of para-hydroxylation sites is 3. The minimum absolute atomic E-state index is 0.824. The molecule has 0 bridgehead atoms. The van der Waals surface area contributed by atoms with Crippen LogP contribution in [0.4, 0.5) is 0 Å². The summed E-state index contributed by atoms with van der Waals surface area (Å²) in [6.45, 7) is 0. The predicted molar refractivity (Wildman–Crippen MR) is 213 cm³/mol. The van der Waals surface area contributed by atoms with Gasteiger partial charge < -0.3 is 4.57 Å². The Bertz CT molecular complexity index is 2930. The Morgan fingerprint density at radius 2 is 0.941 bits per heavy atom. The molecule has 10 rings (SSSR count). The van der Waals surface area contributed by atoms with Crippen molar-refractivity contribution in [2.75, 3.05) is 0 Å². The molecule has 10 aromatic rings. The maximum atomic E-state index is 14.8. The molecule has 0 saturated carbocycles. The molecule has 5 heteroatoms. The second-order valence-corrected chi connectivity index (χ2v) is 15.7. The van der Waals surface area contributed by atoms with Crippen molar-refractivity contribution < 1.29 is 4.57 Å². The van der Waals surface area contributed by atoms with Crippen LogP contribution in [0.25, 0.3) is 71.6 Å². The Kier molecular flexibility index (Phi) is 6.74. The largest absolute Gasteiger partial charge is 0.309 e. The van der Waals surface area contributed by atoms with Crippen molar-refractivity contribution >= 4 is 72.4 Å². The molecule has 0 aliphatic rings. The van der Waals surface area contributed by atoms with E-state index in [9.17, 15) is 4.57 Å². The second kappa shape index (κ2) is 11.6. The Hall–Kier alpha value is -6.35. The van der Waals surface area contributed by atoms with E-state index in [-0.39, 0.29) is 0 Å². The number of benzene rings is 7. The van der Waals surface area contributed by atoms with Gasteiger partial charge in [-0.15, -0.1) is 0 Å². The molecule has 3 heterocycles. The summed E-state index contributed by atoms with van der Waals surface area (Å²) in [5.74, 6) is 0. The van der Waals surface area contributed by atoms with E-state index in [2.05, 4.69) is 101 Å². The van der Waals surface area contributed by atoms with Crippen LogP contribution in [0.5, 0.6) is 0 Å². The van der Waals surface area contributed by atoms with Gasteiger partial charge in [-0.25, -0.2) is 9.97 Å². The number of aromatic nitrogens is 3. The van der Waals surface area contributed by atoms with Crippen LogP contribution < -0.4 is 15.9 Å². The summed E-state index contributed by atoms with van der Waals surface area (Å²) >= 11 is 0. The quantitative estimate of drug-likeness (QED) is 0.104. The first-order valence-electron chi connectivity index (χ1n) is 17.1. The van der Waals surface area contributed by atoms with Crippen molar-refractivity contribution in [3.63, 3.8) is 0 Å². The molecule has 4 nitrogen and oxygen atoms in total. The van der Waals surface area contributed by atoms with Gasteiger partial charge in [0.15, 0.2) is 7.14 Å². The summed E-state index contributed by atoms with van der Waals surface area (Å²) in [4.78, 5) is 10.3. The molecule has 0 spiro atoms. The second-order valence-electron chi connectivity index (χ2n) is 13.0. The van der Waals surface area contributed by atoms with Crippen molar-refractivity contribution in [3.8, 4) is 22.3 Å². The van der Waals surface area contributed by atoms with Crippen LogP contribution in [0.15, 0.2) is 182 Å². The molecular weight excluding hydrogens is 642 g/mol. The fourth-order valence-corrected chi connectivity index (χ4v) is 10.1. The molecule has 0 saturated heterocycles. The molecule has 3 aromatic heterocycles. The Labute approximate surface area is 294 Å². The Morgan fingerprint density at radius 3 is 1.63 bits per heavy atom. The van der Waals surface area contributed by atoms with E-state index in [0.717, 1.165) is 87.6 Å². The van der Waals surface area contributed by atoms with Gasteiger partial charge in [-0.1, -0.05) is 152 Å². The van der Waals surface area contributed by atoms with Gasteiger partial charge in [-0.3, -0.25) is 4.40 Å². The van der Waals surface area contributed by atoms with Crippen molar-refractivity contribution in [2.45, 2.75) is 0 Å². The smallest absolute Gasteiger partial charge is 0.171 e. The zero-order chi connectivity index (χ0) is 33.9. The first-order valence-corrected chi connectivity index (χ1v) is 18.8. The molecule has 0 radical (unpaired) electrons. The van der Waals surface area contributed by atoms with Gasteiger partial charge in [0.05, 0.1) is 27.6 Å². The molecule has 0 atom stereocenters. The highest BCUT2D eigenvalue weighted by Gasteiger charge is 2.29. The number of fused-ring (bicyclic) bond motifs is 9. The number of imidazole rings is 1. The van der Waals surface area contributed by atoms with Gasteiger partial charge in [0.1, 0.15) is 5.65 Å². The molecule has 51 heavy (non-hydrogen) atoms. The molecule has 0 N–H and O–H groups in total. The number of pyridine rings is 2. The lowest BCUT2D eigenvalue weighted by Gasteiger charge is -2.20. The average molecular weight is 672 g/mol. The van der Waals surface area contributed by atoms with Crippen LogP contribution in [0.2, 0.25) is 0 Å². The van der Waals surface area contributed by atoms with Crippen molar-refractivity contribution in [1.82, 2.24) is 14.4 Å². The fourth-order valence-electron chi connectivity index (χ4n) is 7.48. The highest BCUT2D eigenvalue weighted by molar-refractivity contribution is 7.85. The van der Waals surface area contributed by atoms with Crippen LogP contribution >= 0.6 is 7.14 Å². The summed E-state index contributed by atoms with van der Waals surface area (Å²) in [5, 5.41) is 5.74. The predicted octanol–water partition coefficient (Wildman–Crippen LogP) is 10.3. The Balaban J connectivity index is 1.06. The summed E-state index contributed by atoms with van der Waals surface area (Å²) < 4.78 is 17.1. The van der Waals surface area contributed by atoms with Crippen molar-refractivity contribution in [3.05, 3.63) is 182 Å². The number of hydrogen-bond donors (Lipinski definition) is 0. The average Bonchev–Trinajstić information content (AvgIpc) is 3.61. The van der Waals surface area contributed by atoms with E-state index in [4.69, 9.17) is 9.97 Å². The van der Waals surface area contributed by atoms with Gasteiger partial charge in [-0.05, 0) is 52.6 Å². The number of rotatable bonds is 5. The van der Waals surface area contributed by atoms with E-state index in [1.165, 1.54) is 0 Å². The van der Waals surface area contributed by atoms with E-state index in [1.807, 2.05) is 84.9 Å². The zero-order valence-corrected chi connectivity index (χ0v) is 28.4. The molecule has 0 aliphatic heterocycles. The summed E-state index contributed by atoms with van der Waals surface area (Å²) in [6, 6.07) is 62.0. The van der Waals surface area contributed by atoms with Gasteiger partial charge in [0.2, 0.25) is 0 Å². The lowest BCUT2D eigenvalue weighted by molar-refractivity contribution is 0.592. The highest BCUT2D eigenvalue weighted by atomic mass is 31.2. The van der Waals surface area contributed by atoms with E-state index in [1.54, 1.807) is 0 Å². The molecule has 7 aromatic carbocycles. The SMILES string of the molecule is O=P(c1ccccc1)(c1ccccc1)c1ccc(-c2ccc(-c3ccc4c5nc6ccccc6cc5c5nc6ccccc6n5c4c3)cc2)cc1. The van der Waals surface area contributed by atoms with Crippen molar-refractivity contribution in [1.29, 1.82) is 0 Å². The first-order chi connectivity index (χ1) is 25.1. The molecule has 0 unspecified atom stereocenters. The molecule has 0 aliphatic carbocycles. The van der Waals surface area contributed by atoms with E-state index < -0.39 is 7.14 Å². The minimum atomic E-state index is -3.02. The van der Waals surface area contributed by atoms with Crippen LogP contribution in [-0.4, -0.2) is 14.4 Å². The minimum Gasteiger partial charge on any atom is -0.309 e. The molecular formula is C46H30N3OP. The number of hydrogen-bond acceptors (Lipinski definition) is 3. The van der Waals surface area contributed by atoms with Crippen LogP contribution in [0.1, 0.15) is 0 Å². The molecule has 0 amide bonds. The summed E-state index contributed by atoms with van der Waals surface area (Å²) in [6.07, 6.45) is 0. The fraction of sp³-hybridized carbons (Fsp3) is 0. The third-order valence-electron chi connectivity index (χ3n) is 10.0. The van der Waals surface area contributed by atoms with Gasteiger partial charge in [0, 0.05) is 32.1 Å². The van der Waals surface area contributed by atoms with Crippen LogP contribution in [0.3, 0.4) is 0 Å². The topological polar surface area (TPSA) is 47.3 Å². The normalized spacial score (nSPS) is 12.0. The number of nitrogens with zero attached hydrogens (tertiary/aromatic N) is 3. The maximum absolute atomic E-state index is 14.8.